The minimum absolute atomic E-state index is 0. The second-order valence-corrected chi connectivity index (χ2v) is 0.843. The van der Waals surface area contributed by atoms with Gasteiger partial charge in [-0.15, -0.1) is 0 Å². The Morgan fingerprint density at radius 3 is 1.89 bits per heavy atom. The van der Waals surface area contributed by atoms with E-state index in [1.54, 1.807) is 0 Å². The molecule has 9 heavy (non-hydrogen) atoms. The van der Waals surface area contributed by atoms with Crippen LogP contribution in [0.25, 0.3) is 0 Å². The zero-order valence-electron chi connectivity index (χ0n) is 4.67. The van der Waals surface area contributed by atoms with Gasteiger partial charge in [-0.1, -0.05) is 0 Å². The molecule has 0 aliphatic heterocycles. The Labute approximate surface area is 73.2 Å². The molecule has 0 spiro atoms. The molecule has 0 heterocycles. The standard InChI is InChI=1S/C4H2O4.Na/c5-3(6)1-2-4(7)8;/h(H,5,6)(H,7,8);/q;+1/p-1. The van der Waals surface area contributed by atoms with Crippen molar-refractivity contribution in [1.82, 2.24) is 0 Å². The number of hydrogen-bond acceptors (Lipinski definition) is 3. The Morgan fingerprint density at radius 1 is 1.33 bits per heavy atom. The quantitative estimate of drug-likeness (QED) is 0.267. The van der Waals surface area contributed by atoms with Gasteiger partial charge in [-0.05, 0) is 5.92 Å². The third-order valence-electron chi connectivity index (χ3n) is 0.271. The molecule has 0 aliphatic carbocycles. The molecule has 1 N–H and O–H groups in total. The predicted molar refractivity (Wildman–Crippen MR) is 20.4 cm³/mol. The van der Waals surface area contributed by atoms with Crippen LogP contribution < -0.4 is 34.7 Å². The van der Waals surface area contributed by atoms with Gasteiger partial charge in [-0.3, -0.25) is 0 Å². The molecule has 0 saturated heterocycles. The first-order chi connectivity index (χ1) is 3.63. The number of carbonyl (C=O) groups is 2. The summed E-state index contributed by atoms with van der Waals surface area (Å²) >= 11 is 0. The minimum Gasteiger partial charge on any atom is -0.537 e. The van der Waals surface area contributed by atoms with E-state index in [9.17, 15) is 14.7 Å². The maximum absolute atomic E-state index is 9.44. The minimum atomic E-state index is -1.69. The number of hydrogen-bond donors (Lipinski definition) is 1. The van der Waals surface area contributed by atoms with Crippen LogP contribution in [0.3, 0.4) is 0 Å². The van der Waals surface area contributed by atoms with E-state index >= 15 is 0 Å². The van der Waals surface area contributed by atoms with Crippen molar-refractivity contribution in [2.75, 3.05) is 0 Å². The van der Waals surface area contributed by atoms with E-state index in [0.717, 1.165) is 0 Å². The van der Waals surface area contributed by atoms with Crippen molar-refractivity contribution in [3.63, 3.8) is 0 Å². The van der Waals surface area contributed by atoms with Gasteiger partial charge in [0.15, 0.2) is 0 Å². The molecule has 0 bridgehead atoms. The van der Waals surface area contributed by atoms with Crippen LogP contribution in [0.2, 0.25) is 0 Å². The van der Waals surface area contributed by atoms with E-state index in [1.165, 1.54) is 11.8 Å². The van der Waals surface area contributed by atoms with Crippen LogP contribution in [0, 0.1) is 11.8 Å². The third kappa shape index (κ3) is 11.2. The van der Waals surface area contributed by atoms with Gasteiger partial charge in [0.1, 0.15) is 5.97 Å². The Hall–Kier alpha value is -0.500. The summed E-state index contributed by atoms with van der Waals surface area (Å²) in [5.41, 5.74) is 0. The van der Waals surface area contributed by atoms with Gasteiger partial charge in [0.2, 0.25) is 0 Å². The van der Waals surface area contributed by atoms with Gasteiger partial charge in [-0.2, -0.15) is 0 Å². The molecular weight excluding hydrogens is 135 g/mol. The summed E-state index contributed by atoms with van der Waals surface area (Å²) < 4.78 is 0. The number of carbonyl (C=O) groups excluding carboxylic acids is 1. The summed E-state index contributed by atoms with van der Waals surface area (Å²) in [4.78, 5) is 18.8. The first-order valence-corrected chi connectivity index (χ1v) is 1.59. The van der Waals surface area contributed by atoms with Crippen molar-refractivity contribution in [2.45, 2.75) is 0 Å². The van der Waals surface area contributed by atoms with Gasteiger partial charge >= 0.3 is 35.5 Å². The molecule has 5 heteroatoms. The second-order valence-electron chi connectivity index (χ2n) is 0.843. The smallest absolute Gasteiger partial charge is 0.537 e. The van der Waals surface area contributed by atoms with Gasteiger partial charge < -0.3 is 15.0 Å². The van der Waals surface area contributed by atoms with Crippen molar-refractivity contribution in [3.05, 3.63) is 0 Å². The van der Waals surface area contributed by atoms with Crippen molar-refractivity contribution < 1.29 is 49.4 Å². The van der Waals surface area contributed by atoms with E-state index in [0.29, 0.717) is 0 Å². The van der Waals surface area contributed by atoms with Gasteiger partial charge in [0, 0.05) is 5.92 Å². The van der Waals surface area contributed by atoms with E-state index in [1.807, 2.05) is 0 Å². The molecule has 0 aromatic rings. The molecule has 0 aromatic carbocycles. The molecule has 4 nitrogen and oxygen atoms in total. The third-order valence-corrected chi connectivity index (χ3v) is 0.271. The number of aliphatic carboxylic acids is 2. The fraction of sp³-hybridized carbons (Fsp3) is 0. The van der Waals surface area contributed by atoms with Crippen LogP contribution >= 0.6 is 0 Å². The normalized spacial score (nSPS) is 5.78. The summed E-state index contributed by atoms with van der Waals surface area (Å²) in [6.07, 6.45) is 0. The van der Waals surface area contributed by atoms with Gasteiger partial charge in [0.25, 0.3) is 0 Å². The first kappa shape index (κ1) is 11.3. The maximum Gasteiger partial charge on any atom is 1.00 e. The fourth-order valence-corrected chi connectivity index (χ4v) is 0.104. The summed E-state index contributed by atoms with van der Waals surface area (Å²) in [5, 5.41) is 17.1. The van der Waals surface area contributed by atoms with Crippen LogP contribution in [0.4, 0.5) is 0 Å². The molecule has 0 rings (SSSR count). The molecule has 0 amide bonds. The molecule has 0 aliphatic rings. The monoisotopic (exact) mass is 136 g/mol. The van der Waals surface area contributed by atoms with Gasteiger partial charge in [0.05, 0.1) is 0 Å². The maximum atomic E-state index is 9.44. The Balaban J connectivity index is 0. The fourth-order valence-electron chi connectivity index (χ4n) is 0.104. The summed E-state index contributed by atoms with van der Waals surface area (Å²) in [6, 6.07) is 0. The zero-order chi connectivity index (χ0) is 6.57. The Bertz CT molecular complexity index is 157. The number of carboxylic acid groups (broad SMARTS) is 2. The molecular formula is C4HNaO4. The molecule has 0 fully saturated rings. The molecule has 0 saturated carbocycles. The summed E-state index contributed by atoms with van der Waals surface area (Å²) in [5.74, 6) is -0.515. The Kier molecular flexibility index (Phi) is 7.08. The number of carboxylic acids is 2. The zero-order valence-corrected chi connectivity index (χ0v) is 6.67. The molecule has 0 atom stereocenters. The first-order valence-electron chi connectivity index (χ1n) is 1.59. The molecule has 0 radical (unpaired) electrons. The SMILES string of the molecule is O=C([O-])C#CC(=O)O.[Na+]. The van der Waals surface area contributed by atoms with Crippen molar-refractivity contribution in [1.29, 1.82) is 0 Å². The van der Waals surface area contributed by atoms with E-state index in [2.05, 4.69) is 0 Å². The summed E-state index contributed by atoms with van der Waals surface area (Å²) in [6.45, 7) is 0. The Morgan fingerprint density at radius 2 is 1.78 bits per heavy atom. The average Bonchev–Trinajstić information content (AvgIpc) is 1.61. The van der Waals surface area contributed by atoms with E-state index in [4.69, 9.17) is 5.11 Å². The number of rotatable bonds is 0. The van der Waals surface area contributed by atoms with Crippen LogP contribution in [0.5, 0.6) is 0 Å². The van der Waals surface area contributed by atoms with Crippen LogP contribution in [0.1, 0.15) is 0 Å². The molecule has 42 valence electrons. The topological polar surface area (TPSA) is 77.4 Å². The average molecular weight is 136 g/mol. The van der Waals surface area contributed by atoms with Crippen LogP contribution in [-0.4, -0.2) is 17.0 Å². The van der Waals surface area contributed by atoms with Crippen LogP contribution in [-0.2, 0) is 9.59 Å². The van der Waals surface area contributed by atoms with Gasteiger partial charge in [-0.25, -0.2) is 4.79 Å². The van der Waals surface area contributed by atoms with Crippen molar-refractivity contribution >= 4 is 11.9 Å². The molecule has 0 unspecified atom stereocenters. The second kappa shape index (κ2) is 5.63. The van der Waals surface area contributed by atoms with Crippen molar-refractivity contribution in [2.24, 2.45) is 0 Å². The van der Waals surface area contributed by atoms with Crippen LogP contribution in [0.15, 0.2) is 0 Å². The van der Waals surface area contributed by atoms with Crippen molar-refractivity contribution in [3.8, 4) is 11.8 Å². The largest absolute Gasteiger partial charge is 1.00 e. The molecule has 0 aromatic heterocycles. The predicted octanol–water partition coefficient (Wildman–Crippen LogP) is -5.17. The van der Waals surface area contributed by atoms with E-state index in [-0.39, 0.29) is 29.6 Å². The summed E-state index contributed by atoms with van der Waals surface area (Å²) in [7, 11) is 0. The van der Waals surface area contributed by atoms with E-state index < -0.39 is 11.9 Å².